The maximum Gasteiger partial charge on any atom is 0.0930 e. The Labute approximate surface area is 109 Å². The molecule has 2 aromatic rings. The molecule has 18 heavy (non-hydrogen) atoms. The van der Waals surface area contributed by atoms with Gasteiger partial charge in [-0.2, -0.15) is 10.2 Å². The predicted octanol–water partition coefficient (Wildman–Crippen LogP) is 4.22. The van der Waals surface area contributed by atoms with Crippen molar-refractivity contribution < 1.29 is 0 Å². The molecule has 96 valence electrons. The Morgan fingerprint density at radius 3 is 2.00 bits per heavy atom. The first-order chi connectivity index (χ1) is 8.18. The number of fused-ring (bicyclic) bond motifs is 1. The van der Waals surface area contributed by atoms with E-state index < -0.39 is 0 Å². The Balaban J connectivity index is 2.61. The van der Waals surface area contributed by atoms with Crippen LogP contribution >= 0.6 is 0 Å². The van der Waals surface area contributed by atoms with E-state index in [0.717, 1.165) is 11.2 Å². The number of rotatable bonds is 0. The highest BCUT2D eigenvalue weighted by Gasteiger charge is 2.18. The van der Waals surface area contributed by atoms with Gasteiger partial charge in [0.1, 0.15) is 0 Å². The lowest BCUT2D eigenvalue weighted by atomic mass is 9.86. The van der Waals surface area contributed by atoms with Crippen LogP contribution in [0.3, 0.4) is 0 Å². The van der Waals surface area contributed by atoms with Crippen LogP contribution in [0.2, 0.25) is 0 Å². The molecule has 0 radical (unpaired) electrons. The van der Waals surface area contributed by atoms with Crippen molar-refractivity contribution in [2.75, 3.05) is 0 Å². The zero-order chi connectivity index (χ0) is 13.6. The van der Waals surface area contributed by atoms with Crippen LogP contribution in [0.5, 0.6) is 0 Å². The topological polar surface area (TPSA) is 25.8 Å². The molecule has 2 rings (SSSR count). The van der Waals surface area contributed by atoms with Crippen LogP contribution in [0.1, 0.15) is 52.8 Å². The molecule has 1 aromatic carbocycles. The van der Waals surface area contributed by atoms with E-state index in [1.165, 1.54) is 10.9 Å². The lowest BCUT2D eigenvalue weighted by Gasteiger charge is -2.20. The highest BCUT2D eigenvalue weighted by atomic mass is 15.1. The van der Waals surface area contributed by atoms with Crippen molar-refractivity contribution in [1.29, 1.82) is 0 Å². The summed E-state index contributed by atoms with van der Waals surface area (Å²) in [6.07, 6.45) is 0. The fraction of sp³-hybridized carbons (Fsp3) is 0.500. The van der Waals surface area contributed by atoms with Gasteiger partial charge >= 0.3 is 0 Å². The lowest BCUT2D eigenvalue weighted by molar-refractivity contribution is 0.561. The summed E-state index contributed by atoms with van der Waals surface area (Å²) < 4.78 is 0. The smallest absolute Gasteiger partial charge is 0.0930 e. The number of hydrogen-bond acceptors (Lipinski definition) is 2. The van der Waals surface area contributed by atoms with E-state index in [1.807, 2.05) is 0 Å². The minimum absolute atomic E-state index is 0.0406. The third-order valence-corrected chi connectivity index (χ3v) is 3.22. The van der Waals surface area contributed by atoms with Gasteiger partial charge in [0.2, 0.25) is 0 Å². The minimum Gasteiger partial charge on any atom is -0.154 e. The SMILES string of the molecule is CC(C)(C)c1ccc2nnc(C(C)(C)C)cc2c1. The van der Waals surface area contributed by atoms with E-state index in [0.29, 0.717) is 0 Å². The maximum absolute atomic E-state index is 4.32. The Hall–Kier alpha value is -1.44. The van der Waals surface area contributed by atoms with Crippen molar-refractivity contribution >= 4 is 10.9 Å². The molecule has 1 aromatic heterocycles. The van der Waals surface area contributed by atoms with Crippen LogP contribution in [0.4, 0.5) is 0 Å². The van der Waals surface area contributed by atoms with Gasteiger partial charge in [-0.1, -0.05) is 47.6 Å². The molecule has 0 amide bonds. The van der Waals surface area contributed by atoms with Gasteiger partial charge in [0.15, 0.2) is 0 Å². The molecular formula is C16H22N2. The summed E-state index contributed by atoms with van der Waals surface area (Å²) in [6.45, 7) is 13.2. The summed E-state index contributed by atoms with van der Waals surface area (Å²) in [7, 11) is 0. The van der Waals surface area contributed by atoms with Crippen LogP contribution in [0, 0.1) is 0 Å². The van der Waals surface area contributed by atoms with Gasteiger partial charge in [-0.15, -0.1) is 0 Å². The van der Waals surface area contributed by atoms with Crippen molar-refractivity contribution in [2.24, 2.45) is 0 Å². The molecule has 1 heterocycles. The fourth-order valence-electron chi connectivity index (χ4n) is 1.88. The summed E-state index contributed by atoms with van der Waals surface area (Å²) in [5, 5.41) is 9.82. The second kappa shape index (κ2) is 4.04. The molecule has 0 atom stereocenters. The van der Waals surface area contributed by atoms with Crippen molar-refractivity contribution in [1.82, 2.24) is 10.2 Å². The molecule has 0 aliphatic carbocycles. The summed E-state index contributed by atoms with van der Waals surface area (Å²) >= 11 is 0. The number of benzene rings is 1. The Kier molecular flexibility index (Phi) is 2.92. The molecule has 0 fully saturated rings. The molecule has 0 spiro atoms. The summed E-state index contributed by atoms with van der Waals surface area (Å²) in [5.74, 6) is 0. The van der Waals surface area contributed by atoms with E-state index in [2.05, 4.69) is 76.0 Å². The molecule has 0 saturated heterocycles. The third-order valence-electron chi connectivity index (χ3n) is 3.22. The van der Waals surface area contributed by atoms with Gasteiger partial charge in [-0.25, -0.2) is 0 Å². The van der Waals surface area contributed by atoms with Crippen molar-refractivity contribution in [2.45, 2.75) is 52.4 Å². The Morgan fingerprint density at radius 1 is 0.778 bits per heavy atom. The zero-order valence-corrected chi connectivity index (χ0v) is 12.2. The average Bonchev–Trinajstić information content (AvgIpc) is 2.25. The highest BCUT2D eigenvalue weighted by molar-refractivity contribution is 5.79. The van der Waals surface area contributed by atoms with Crippen molar-refractivity contribution in [3.8, 4) is 0 Å². The van der Waals surface area contributed by atoms with Gasteiger partial charge in [0, 0.05) is 10.8 Å². The van der Waals surface area contributed by atoms with Gasteiger partial charge < -0.3 is 0 Å². The molecule has 0 N–H and O–H groups in total. The first-order valence-electron chi connectivity index (χ1n) is 6.46. The van der Waals surface area contributed by atoms with Gasteiger partial charge in [0.25, 0.3) is 0 Å². The van der Waals surface area contributed by atoms with E-state index in [9.17, 15) is 0 Å². The lowest BCUT2D eigenvalue weighted by Crippen LogP contribution is -2.14. The third kappa shape index (κ3) is 2.53. The Morgan fingerprint density at radius 2 is 1.44 bits per heavy atom. The minimum atomic E-state index is 0.0406. The number of nitrogens with zero attached hydrogens (tertiary/aromatic N) is 2. The molecular weight excluding hydrogens is 220 g/mol. The Bertz CT molecular complexity index is 523. The van der Waals surface area contributed by atoms with Crippen molar-refractivity contribution in [3.63, 3.8) is 0 Å². The normalized spacial score (nSPS) is 13.0. The van der Waals surface area contributed by atoms with Crippen molar-refractivity contribution in [3.05, 3.63) is 35.5 Å². The molecule has 0 saturated carbocycles. The van der Waals surface area contributed by atoms with E-state index in [4.69, 9.17) is 0 Å². The van der Waals surface area contributed by atoms with Crippen LogP contribution in [0.25, 0.3) is 10.9 Å². The first kappa shape index (κ1) is 13.0. The fourth-order valence-corrected chi connectivity index (χ4v) is 1.88. The largest absolute Gasteiger partial charge is 0.154 e. The quantitative estimate of drug-likeness (QED) is 0.691. The molecule has 0 bridgehead atoms. The predicted molar refractivity (Wildman–Crippen MR) is 76.9 cm³/mol. The van der Waals surface area contributed by atoms with E-state index in [1.54, 1.807) is 0 Å². The van der Waals surface area contributed by atoms with Crippen LogP contribution in [-0.2, 0) is 10.8 Å². The van der Waals surface area contributed by atoms with Gasteiger partial charge in [-0.05, 0) is 29.2 Å². The summed E-state index contributed by atoms with van der Waals surface area (Å²) in [6, 6.07) is 8.61. The zero-order valence-electron chi connectivity index (χ0n) is 12.2. The van der Waals surface area contributed by atoms with E-state index >= 15 is 0 Å². The molecule has 2 heteroatoms. The summed E-state index contributed by atoms with van der Waals surface area (Å²) in [4.78, 5) is 0. The number of hydrogen-bond donors (Lipinski definition) is 0. The summed E-state index contributed by atoms with van der Waals surface area (Å²) in [5.41, 5.74) is 3.55. The molecule has 0 aliphatic rings. The van der Waals surface area contributed by atoms with Crippen LogP contribution in [-0.4, -0.2) is 10.2 Å². The maximum atomic E-state index is 4.32. The first-order valence-corrected chi connectivity index (χ1v) is 6.46. The van der Waals surface area contributed by atoms with Gasteiger partial charge in [-0.3, -0.25) is 0 Å². The highest BCUT2D eigenvalue weighted by Crippen LogP contribution is 2.27. The molecule has 0 unspecified atom stereocenters. The second-order valence-corrected chi connectivity index (χ2v) is 7.00. The molecule has 2 nitrogen and oxygen atoms in total. The second-order valence-electron chi connectivity index (χ2n) is 7.00. The van der Waals surface area contributed by atoms with Gasteiger partial charge in [0.05, 0.1) is 11.2 Å². The monoisotopic (exact) mass is 242 g/mol. The van der Waals surface area contributed by atoms with Crippen LogP contribution < -0.4 is 0 Å². The molecule has 0 aliphatic heterocycles. The van der Waals surface area contributed by atoms with Crippen LogP contribution in [0.15, 0.2) is 24.3 Å². The average molecular weight is 242 g/mol. The standard InChI is InChI=1S/C16H22N2/c1-15(2,3)12-7-8-13-11(9-12)10-14(18-17-13)16(4,5)6/h7-10H,1-6H3. The number of aromatic nitrogens is 2. The van der Waals surface area contributed by atoms with E-state index in [-0.39, 0.29) is 10.8 Å².